The van der Waals surface area contributed by atoms with Crippen molar-refractivity contribution < 1.29 is 4.42 Å². The van der Waals surface area contributed by atoms with Crippen molar-refractivity contribution in [3.63, 3.8) is 0 Å². The topological polar surface area (TPSA) is 33.5 Å². The fourth-order valence-corrected chi connectivity index (χ4v) is 4.59. The highest BCUT2D eigenvalue weighted by Crippen LogP contribution is 2.42. The first-order valence-electron chi connectivity index (χ1n) is 7.58. The first-order valence-corrected chi connectivity index (χ1v) is 8.94. The van der Waals surface area contributed by atoms with Gasteiger partial charge in [0.15, 0.2) is 0 Å². The van der Waals surface area contributed by atoms with Crippen molar-refractivity contribution in [2.45, 2.75) is 24.2 Å². The van der Waals surface area contributed by atoms with Gasteiger partial charge in [-0.15, -0.1) is 11.8 Å². The lowest BCUT2D eigenvalue weighted by Gasteiger charge is -2.23. The van der Waals surface area contributed by atoms with E-state index in [0.29, 0.717) is 5.76 Å². The maximum Gasteiger partial charge on any atom is 0.357 e. The van der Waals surface area contributed by atoms with E-state index in [1.54, 1.807) is 11.8 Å². The van der Waals surface area contributed by atoms with Gasteiger partial charge in [0.1, 0.15) is 10.8 Å². The Balaban J connectivity index is 2.00. The molecule has 0 atom stereocenters. The number of fused-ring (bicyclic) bond motifs is 3. The van der Waals surface area contributed by atoms with Crippen molar-refractivity contribution in [1.29, 1.82) is 0 Å². The minimum absolute atomic E-state index is 0.241. The van der Waals surface area contributed by atoms with Crippen molar-refractivity contribution in [2.75, 3.05) is 23.7 Å². The molecule has 5 heteroatoms. The molecule has 0 bridgehead atoms. The highest BCUT2D eigenvalue weighted by Gasteiger charge is 2.27. The zero-order valence-corrected chi connectivity index (χ0v) is 13.7. The summed E-state index contributed by atoms with van der Waals surface area (Å²) in [6, 6.07) is 8.11. The predicted molar refractivity (Wildman–Crippen MR) is 91.3 cm³/mol. The van der Waals surface area contributed by atoms with E-state index in [1.807, 2.05) is 18.2 Å². The van der Waals surface area contributed by atoms with Crippen LogP contribution in [0.3, 0.4) is 0 Å². The maximum atomic E-state index is 12.3. The molecule has 0 unspecified atom stereocenters. The Morgan fingerprint density at radius 1 is 1.18 bits per heavy atom. The number of benzene rings is 1. The molecule has 2 aromatic rings. The highest BCUT2D eigenvalue weighted by molar-refractivity contribution is 7.99. The summed E-state index contributed by atoms with van der Waals surface area (Å²) in [5, 5.41) is 0.241. The Hall–Kier alpha value is -1.39. The summed E-state index contributed by atoms with van der Waals surface area (Å²) in [6.07, 6.45) is 3.16. The summed E-state index contributed by atoms with van der Waals surface area (Å²) >= 11 is 8.14. The second kappa shape index (κ2) is 5.67. The fraction of sp³-hybridized carbons (Fsp3) is 0.353. The van der Waals surface area contributed by atoms with Crippen LogP contribution in [0.2, 0.25) is 5.02 Å². The van der Waals surface area contributed by atoms with Gasteiger partial charge in [0.05, 0.1) is 5.69 Å². The molecule has 3 heterocycles. The van der Waals surface area contributed by atoms with Crippen LogP contribution in [0.5, 0.6) is 0 Å². The van der Waals surface area contributed by atoms with E-state index >= 15 is 0 Å². The number of nitrogens with zero attached hydrogens (tertiary/aromatic N) is 1. The zero-order chi connectivity index (χ0) is 15.1. The molecule has 0 spiro atoms. The predicted octanol–water partition coefficient (Wildman–Crippen LogP) is 4.21. The Morgan fingerprint density at radius 3 is 2.77 bits per heavy atom. The molecular formula is C17H16ClNO2S. The van der Waals surface area contributed by atoms with Crippen molar-refractivity contribution >= 4 is 29.1 Å². The number of hydrogen-bond acceptors (Lipinski definition) is 4. The van der Waals surface area contributed by atoms with Gasteiger partial charge in [-0.25, -0.2) is 4.79 Å². The van der Waals surface area contributed by atoms with Crippen molar-refractivity contribution in [3.8, 4) is 11.3 Å². The maximum absolute atomic E-state index is 12.3. The van der Waals surface area contributed by atoms with Gasteiger partial charge in [-0.3, -0.25) is 0 Å². The van der Waals surface area contributed by atoms with E-state index in [0.717, 1.165) is 54.9 Å². The quantitative estimate of drug-likeness (QED) is 0.782. The molecule has 1 saturated heterocycles. The monoisotopic (exact) mass is 333 g/mol. The van der Waals surface area contributed by atoms with Gasteiger partial charge in [-0.2, -0.15) is 0 Å². The van der Waals surface area contributed by atoms with Crippen LogP contribution >= 0.6 is 23.4 Å². The molecule has 3 nitrogen and oxygen atoms in total. The lowest BCUT2D eigenvalue weighted by atomic mass is 10.0. The number of rotatable bonds is 1. The largest absolute Gasteiger partial charge is 0.421 e. The Bertz CT molecular complexity index is 781. The van der Waals surface area contributed by atoms with Crippen molar-refractivity contribution in [2.24, 2.45) is 0 Å². The van der Waals surface area contributed by atoms with Crippen LogP contribution < -0.4 is 10.5 Å². The van der Waals surface area contributed by atoms with Crippen LogP contribution in [-0.4, -0.2) is 18.8 Å². The summed E-state index contributed by atoms with van der Waals surface area (Å²) in [6.45, 7) is 1.93. The van der Waals surface area contributed by atoms with Crippen molar-refractivity contribution in [3.05, 3.63) is 45.3 Å². The molecule has 2 aliphatic heterocycles. The van der Waals surface area contributed by atoms with Crippen LogP contribution in [0, 0.1) is 0 Å². The lowest BCUT2D eigenvalue weighted by molar-refractivity contribution is 0.519. The molecular weight excluding hydrogens is 318 g/mol. The Kier molecular flexibility index (Phi) is 3.66. The van der Waals surface area contributed by atoms with E-state index in [9.17, 15) is 4.79 Å². The normalized spacial score (nSPS) is 17.0. The van der Waals surface area contributed by atoms with E-state index in [2.05, 4.69) is 11.0 Å². The molecule has 1 aromatic carbocycles. The molecule has 0 N–H and O–H groups in total. The minimum Gasteiger partial charge on any atom is -0.421 e. The molecule has 0 aliphatic carbocycles. The summed E-state index contributed by atoms with van der Waals surface area (Å²) in [5.41, 5.74) is 2.57. The highest BCUT2D eigenvalue weighted by atomic mass is 35.5. The molecule has 0 radical (unpaired) electrons. The zero-order valence-electron chi connectivity index (χ0n) is 12.1. The van der Waals surface area contributed by atoms with Crippen molar-refractivity contribution in [1.82, 2.24) is 0 Å². The van der Waals surface area contributed by atoms with Crippen LogP contribution in [-0.2, 0) is 6.42 Å². The summed E-state index contributed by atoms with van der Waals surface area (Å²) < 4.78 is 5.61. The molecule has 0 amide bonds. The van der Waals surface area contributed by atoms with Crippen LogP contribution in [0.1, 0.15) is 18.4 Å². The first-order chi connectivity index (χ1) is 10.8. The summed E-state index contributed by atoms with van der Waals surface area (Å²) in [7, 11) is 0. The van der Waals surface area contributed by atoms with E-state index in [1.165, 1.54) is 4.90 Å². The fourth-order valence-electron chi connectivity index (χ4n) is 3.30. The summed E-state index contributed by atoms with van der Waals surface area (Å²) in [5.74, 6) is 1.67. The van der Waals surface area contributed by atoms with E-state index in [4.69, 9.17) is 16.0 Å². The van der Waals surface area contributed by atoms with E-state index in [-0.39, 0.29) is 5.02 Å². The summed E-state index contributed by atoms with van der Waals surface area (Å²) in [4.78, 5) is 15.7. The average Bonchev–Trinajstić information content (AvgIpc) is 2.99. The molecule has 22 heavy (non-hydrogen) atoms. The standard InChI is InChI=1S/C17H16ClNO2S/c18-14-15(19-8-3-4-9-19)12-7-10-22-13-6-2-1-5-11(13)16(12)21-17(14)20/h1-2,5-6H,3-4,7-10H2. The third kappa shape index (κ3) is 2.25. The number of thioether (sulfide) groups is 1. The SMILES string of the molecule is O=c1oc2c(c(N3CCCC3)c1Cl)CCSc1ccccc1-2. The first kappa shape index (κ1) is 14.2. The van der Waals surface area contributed by atoms with Crippen LogP contribution in [0.15, 0.2) is 38.4 Å². The second-order valence-corrected chi connectivity index (χ2v) is 7.16. The third-order valence-electron chi connectivity index (χ3n) is 4.31. The van der Waals surface area contributed by atoms with Gasteiger partial charge in [-0.1, -0.05) is 29.8 Å². The molecule has 114 valence electrons. The third-order valence-corrected chi connectivity index (χ3v) is 5.71. The molecule has 1 fully saturated rings. The number of halogens is 1. The number of anilines is 1. The Morgan fingerprint density at radius 2 is 1.95 bits per heavy atom. The number of hydrogen-bond donors (Lipinski definition) is 0. The second-order valence-electron chi connectivity index (χ2n) is 5.65. The Labute approximate surface area is 138 Å². The van der Waals surface area contributed by atoms with Gasteiger partial charge < -0.3 is 9.32 Å². The van der Waals surface area contributed by atoms with Crippen LogP contribution in [0.4, 0.5) is 5.69 Å². The van der Waals surface area contributed by atoms with E-state index < -0.39 is 5.63 Å². The van der Waals surface area contributed by atoms with Gasteiger partial charge in [0.25, 0.3) is 0 Å². The minimum atomic E-state index is -0.427. The van der Waals surface area contributed by atoms with Gasteiger partial charge in [0, 0.05) is 34.9 Å². The molecule has 2 aliphatic rings. The molecule has 4 rings (SSSR count). The molecule has 0 saturated carbocycles. The average molecular weight is 334 g/mol. The lowest BCUT2D eigenvalue weighted by Crippen LogP contribution is -2.23. The van der Waals surface area contributed by atoms with Gasteiger partial charge in [0.2, 0.25) is 0 Å². The molecule has 1 aromatic heterocycles. The van der Waals surface area contributed by atoms with Gasteiger partial charge in [-0.05, 0) is 25.3 Å². The van der Waals surface area contributed by atoms with Gasteiger partial charge >= 0.3 is 5.63 Å². The smallest absolute Gasteiger partial charge is 0.357 e. The van der Waals surface area contributed by atoms with Crippen LogP contribution in [0.25, 0.3) is 11.3 Å².